The van der Waals surface area contributed by atoms with E-state index in [1.165, 1.54) is 0 Å². The highest BCUT2D eigenvalue weighted by Gasteiger charge is 2.29. The molecular weight excluding hydrogens is 364 g/mol. The molecule has 1 unspecified atom stereocenters. The molecule has 0 saturated carbocycles. The van der Waals surface area contributed by atoms with Crippen molar-refractivity contribution < 1.29 is 13.2 Å². The number of nitrogens with one attached hydrogen (secondary N) is 1. The van der Waals surface area contributed by atoms with E-state index in [0.717, 1.165) is 12.1 Å². The molecule has 0 aliphatic carbocycles. The summed E-state index contributed by atoms with van der Waals surface area (Å²) in [6.07, 6.45) is 0.445. The van der Waals surface area contributed by atoms with Gasteiger partial charge in [0, 0.05) is 25.2 Å². The lowest BCUT2D eigenvalue weighted by atomic mass is 10.2. The largest absolute Gasteiger partial charge is 0.352 e. The fourth-order valence-electron chi connectivity index (χ4n) is 3.16. The van der Waals surface area contributed by atoms with Crippen LogP contribution in [0.1, 0.15) is 35.2 Å². The molecule has 144 valence electrons. The van der Waals surface area contributed by atoms with Gasteiger partial charge in [-0.1, -0.05) is 30.3 Å². The lowest BCUT2D eigenvalue weighted by Gasteiger charge is -2.23. The van der Waals surface area contributed by atoms with Gasteiger partial charge in [-0.3, -0.25) is 4.79 Å². The summed E-state index contributed by atoms with van der Waals surface area (Å²) in [5, 5.41) is 2.78. The minimum absolute atomic E-state index is 0.00917. The molecule has 1 aliphatic heterocycles. The number of rotatable bonds is 6. The van der Waals surface area contributed by atoms with Gasteiger partial charge in [0.05, 0.1) is 11.5 Å². The van der Waals surface area contributed by atoms with Crippen molar-refractivity contribution in [2.24, 2.45) is 0 Å². The van der Waals surface area contributed by atoms with Crippen molar-refractivity contribution in [1.82, 2.24) is 15.3 Å². The molecule has 1 amide bonds. The van der Waals surface area contributed by atoms with Crippen LogP contribution in [0.4, 0.5) is 5.82 Å². The van der Waals surface area contributed by atoms with E-state index in [9.17, 15) is 13.2 Å². The Balaban J connectivity index is 1.77. The summed E-state index contributed by atoms with van der Waals surface area (Å²) in [6.45, 7) is 5.18. The van der Waals surface area contributed by atoms with Gasteiger partial charge in [0.15, 0.2) is 9.84 Å². The molecule has 3 rings (SSSR count). The van der Waals surface area contributed by atoms with Crippen molar-refractivity contribution >= 4 is 21.6 Å². The number of benzene rings is 1. The first-order valence-electron chi connectivity index (χ1n) is 9.02. The quantitative estimate of drug-likeness (QED) is 0.810. The predicted molar refractivity (Wildman–Crippen MR) is 104 cm³/mol. The van der Waals surface area contributed by atoms with Crippen LogP contribution in [0, 0.1) is 6.92 Å². The van der Waals surface area contributed by atoms with Gasteiger partial charge in [0.2, 0.25) is 0 Å². The number of carbonyl (C=O) groups excluding carboxylic acids is 1. The maximum atomic E-state index is 12.6. The Morgan fingerprint density at radius 2 is 2.00 bits per heavy atom. The van der Waals surface area contributed by atoms with Crippen LogP contribution in [0.2, 0.25) is 0 Å². The van der Waals surface area contributed by atoms with Crippen LogP contribution in [0.3, 0.4) is 0 Å². The first kappa shape index (κ1) is 19.3. The first-order chi connectivity index (χ1) is 12.9. The second-order valence-corrected chi connectivity index (χ2v) is 8.96. The molecule has 7 nitrogen and oxygen atoms in total. The molecule has 2 aromatic rings. The number of nitrogens with zero attached hydrogens (tertiary/aromatic N) is 3. The minimum atomic E-state index is -3.05. The lowest BCUT2D eigenvalue weighted by molar-refractivity contribution is 0.0935. The van der Waals surface area contributed by atoms with Gasteiger partial charge in [-0.15, -0.1) is 0 Å². The van der Waals surface area contributed by atoms with Gasteiger partial charge >= 0.3 is 0 Å². The highest BCUT2D eigenvalue weighted by Crippen LogP contribution is 2.17. The normalized spacial score (nSPS) is 18.2. The number of anilines is 1. The number of aryl methyl sites for hydroxylation is 1. The van der Waals surface area contributed by atoms with Crippen LogP contribution in [0.25, 0.3) is 0 Å². The van der Waals surface area contributed by atoms with Crippen LogP contribution >= 0.6 is 0 Å². The van der Waals surface area contributed by atoms with Crippen LogP contribution in [-0.4, -0.2) is 48.4 Å². The average molecular weight is 388 g/mol. The van der Waals surface area contributed by atoms with Gasteiger partial charge < -0.3 is 10.2 Å². The second-order valence-electron chi connectivity index (χ2n) is 6.73. The molecule has 0 spiro atoms. The average Bonchev–Trinajstić information content (AvgIpc) is 2.98. The Bertz CT molecular complexity index is 916. The van der Waals surface area contributed by atoms with Gasteiger partial charge in [-0.2, -0.15) is 0 Å². The SMILES string of the molecule is CCN(Cc1ccccc1)c1cc(C(=O)NC2CCS(=O)(=O)C2)nc(C)n1. The van der Waals surface area contributed by atoms with E-state index in [1.54, 1.807) is 13.0 Å². The third kappa shape index (κ3) is 5.03. The Hall–Kier alpha value is -2.48. The molecule has 1 saturated heterocycles. The zero-order chi connectivity index (χ0) is 19.4. The summed E-state index contributed by atoms with van der Waals surface area (Å²) in [7, 11) is -3.05. The summed E-state index contributed by atoms with van der Waals surface area (Å²) in [6, 6.07) is 11.4. The van der Waals surface area contributed by atoms with E-state index in [1.807, 2.05) is 37.3 Å². The Labute approximate surface area is 159 Å². The third-order valence-electron chi connectivity index (χ3n) is 4.55. The van der Waals surface area contributed by atoms with Crippen molar-refractivity contribution in [3.05, 3.63) is 53.5 Å². The standard InChI is InChI=1S/C19H24N4O3S/c1-3-23(12-15-7-5-4-6-8-15)18-11-17(20-14(2)21-18)19(24)22-16-9-10-27(25,26)13-16/h4-8,11,16H,3,9-10,12-13H2,1-2H3,(H,22,24). The number of hydrogen-bond acceptors (Lipinski definition) is 6. The number of carbonyl (C=O) groups is 1. The Morgan fingerprint density at radius 1 is 1.26 bits per heavy atom. The lowest BCUT2D eigenvalue weighted by Crippen LogP contribution is -2.36. The number of amides is 1. The van der Waals surface area contributed by atoms with Gasteiger partial charge in [-0.25, -0.2) is 18.4 Å². The number of sulfone groups is 1. The first-order valence-corrected chi connectivity index (χ1v) is 10.8. The molecule has 1 atom stereocenters. The number of aromatic nitrogens is 2. The summed E-state index contributed by atoms with van der Waals surface area (Å²) >= 11 is 0. The molecule has 1 aliphatic rings. The maximum absolute atomic E-state index is 12.6. The zero-order valence-corrected chi connectivity index (χ0v) is 16.4. The molecular formula is C19H24N4O3S. The van der Waals surface area contributed by atoms with Gasteiger partial charge in [0.25, 0.3) is 5.91 Å². The maximum Gasteiger partial charge on any atom is 0.270 e. The highest BCUT2D eigenvalue weighted by molar-refractivity contribution is 7.91. The molecule has 0 radical (unpaired) electrons. The molecule has 8 heteroatoms. The van der Waals surface area contributed by atoms with E-state index < -0.39 is 9.84 Å². The van der Waals surface area contributed by atoms with E-state index in [4.69, 9.17) is 0 Å². The number of hydrogen-bond donors (Lipinski definition) is 1. The smallest absolute Gasteiger partial charge is 0.270 e. The van der Waals surface area contributed by atoms with Gasteiger partial charge in [0.1, 0.15) is 17.3 Å². The molecule has 1 fully saturated rings. The Morgan fingerprint density at radius 3 is 2.63 bits per heavy atom. The predicted octanol–water partition coefficient (Wildman–Crippen LogP) is 1.73. The van der Waals surface area contributed by atoms with E-state index in [-0.39, 0.29) is 29.1 Å². The van der Waals surface area contributed by atoms with Crippen LogP contribution in [-0.2, 0) is 16.4 Å². The fraction of sp³-hybridized carbons (Fsp3) is 0.421. The second kappa shape index (κ2) is 8.04. The van der Waals surface area contributed by atoms with Crippen molar-refractivity contribution in [3.63, 3.8) is 0 Å². The van der Waals surface area contributed by atoms with E-state index >= 15 is 0 Å². The zero-order valence-electron chi connectivity index (χ0n) is 15.6. The molecule has 27 heavy (non-hydrogen) atoms. The molecule has 1 aromatic heterocycles. The van der Waals surface area contributed by atoms with Gasteiger partial charge in [-0.05, 0) is 25.8 Å². The van der Waals surface area contributed by atoms with E-state index in [0.29, 0.717) is 24.6 Å². The molecule has 2 heterocycles. The van der Waals surface area contributed by atoms with Crippen LogP contribution < -0.4 is 10.2 Å². The summed E-state index contributed by atoms with van der Waals surface area (Å²) in [5.74, 6) is 0.929. The van der Waals surface area contributed by atoms with Crippen molar-refractivity contribution in [3.8, 4) is 0 Å². The van der Waals surface area contributed by atoms with Crippen molar-refractivity contribution in [2.75, 3.05) is 23.0 Å². The van der Waals surface area contributed by atoms with Crippen LogP contribution in [0.15, 0.2) is 36.4 Å². The van der Waals surface area contributed by atoms with Crippen molar-refractivity contribution in [2.45, 2.75) is 32.9 Å². The molecule has 0 bridgehead atoms. The summed E-state index contributed by atoms with van der Waals surface area (Å²) in [5.41, 5.74) is 1.41. The third-order valence-corrected chi connectivity index (χ3v) is 6.31. The highest BCUT2D eigenvalue weighted by atomic mass is 32.2. The fourth-order valence-corrected chi connectivity index (χ4v) is 4.83. The monoisotopic (exact) mass is 388 g/mol. The van der Waals surface area contributed by atoms with E-state index in [2.05, 4.69) is 20.2 Å². The van der Waals surface area contributed by atoms with Crippen LogP contribution in [0.5, 0.6) is 0 Å². The molecule has 1 N–H and O–H groups in total. The Kier molecular flexibility index (Phi) is 5.74. The topological polar surface area (TPSA) is 92.3 Å². The summed E-state index contributed by atoms with van der Waals surface area (Å²) < 4.78 is 23.2. The minimum Gasteiger partial charge on any atom is -0.352 e. The van der Waals surface area contributed by atoms with Crippen molar-refractivity contribution in [1.29, 1.82) is 0 Å². The summed E-state index contributed by atoms with van der Waals surface area (Å²) in [4.78, 5) is 23.4. The molecule has 1 aromatic carbocycles.